The van der Waals surface area contributed by atoms with Crippen molar-refractivity contribution in [1.82, 2.24) is 5.32 Å². The number of aliphatic carboxylic acids is 1. The van der Waals surface area contributed by atoms with E-state index in [1.165, 1.54) is 55.5 Å². The third-order valence-corrected chi connectivity index (χ3v) is 4.64. The SMILES string of the molecule is C[C@@H](Oc1ccc(/C=C2\C(=O)NC(=O)N(c3ccc(Cl)cc3Cl)C2=O)cc1)C(=O)O. The predicted octanol–water partition coefficient (Wildman–Crippen LogP) is 3.51. The molecule has 1 fully saturated rings. The van der Waals surface area contributed by atoms with Gasteiger partial charge in [0, 0.05) is 5.02 Å². The Bertz CT molecular complexity index is 1080. The van der Waals surface area contributed by atoms with Gasteiger partial charge >= 0.3 is 12.0 Å². The first kappa shape index (κ1) is 21.4. The van der Waals surface area contributed by atoms with Crippen molar-refractivity contribution >= 4 is 58.8 Å². The van der Waals surface area contributed by atoms with E-state index in [9.17, 15) is 19.2 Å². The van der Waals surface area contributed by atoms with Gasteiger partial charge in [-0.3, -0.25) is 14.9 Å². The van der Waals surface area contributed by atoms with Crippen molar-refractivity contribution in [2.45, 2.75) is 13.0 Å². The van der Waals surface area contributed by atoms with Crippen molar-refractivity contribution in [3.05, 3.63) is 63.6 Å². The van der Waals surface area contributed by atoms with Crippen LogP contribution in [0.1, 0.15) is 12.5 Å². The number of carbonyl (C=O) groups excluding carboxylic acids is 3. The van der Waals surface area contributed by atoms with Crippen molar-refractivity contribution in [2.75, 3.05) is 4.90 Å². The summed E-state index contributed by atoms with van der Waals surface area (Å²) in [6.45, 7) is 1.39. The Morgan fingerprint density at radius 1 is 1.13 bits per heavy atom. The molecular formula is C20H14Cl2N2O6. The second-order valence-corrected chi connectivity index (χ2v) is 7.06. The molecule has 3 rings (SSSR count). The number of amides is 4. The molecule has 1 saturated heterocycles. The Balaban J connectivity index is 1.90. The highest BCUT2D eigenvalue weighted by atomic mass is 35.5. The van der Waals surface area contributed by atoms with Crippen molar-refractivity contribution in [1.29, 1.82) is 0 Å². The zero-order valence-electron chi connectivity index (χ0n) is 15.4. The van der Waals surface area contributed by atoms with E-state index in [-0.39, 0.29) is 16.3 Å². The molecule has 0 spiro atoms. The largest absolute Gasteiger partial charge is 0.479 e. The molecule has 0 unspecified atom stereocenters. The van der Waals surface area contributed by atoms with E-state index in [4.69, 9.17) is 33.0 Å². The third-order valence-electron chi connectivity index (χ3n) is 4.10. The number of barbiturate groups is 1. The molecule has 0 radical (unpaired) electrons. The molecule has 0 aliphatic carbocycles. The van der Waals surface area contributed by atoms with Gasteiger partial charge in [-0.1, -0.05) is 35.3 Å². The molecule has 30 heavy (non-hydrogen) atoms. The van der Waals surface area contributed by atoms with Crippen LogP contribution in [0.15, 0.2) is 48.0 Å². The summed E-state index contributed by atoms with van der Waals surface area (Å²) in [7, 11) is 0. The van der Waals surface area contributed by atoms with Crippen molar-refractivity contribution < 1.29 is 29.0 Å². The molecule has 8 nitrogen and oxygen atoms in total. The minimum absolute atomic E-state index is 0.0637. The summed E-state index contributed by atoms with van der Waals surface area (Å²) in [5.41, 5.74) is 0.252. The molecular weight excluding hydrogens is 435 g/mol. The fourth-order valence-electron chi connectivity index (χ4n) is 2.60. The molecule has 10 heteroatoms. The molecule has 4 amide bonds. The Hall–Kier alpha value is -3.36. The van der Waals surface area contributed by atoms with Crippen LogP contribution in [0.3, 0.4) is 0 Å². The number of imide groups is 2. The lowest BCUT2D eigenvalue weighted by Gasteiger charge is -2.27. The summed E-state index contributed by atoms with van der Waals surface area (Å²) < 4.78 is 5.23. The Labute approximate surface area is 180 Å². The van der Waals surface area contributed by atoms with Crippen LogP contribution >= 0.6 is 23.2 Å². The zero-order valence-corrected chi connectivity index (χ0v) is 16.9. The molecule has 2 aromatic rings. The predicted molar refractivity (Wildman–Crippen MR) is 110 cm³/mol. The van der Waals surface area contributed by atoms with Gasteiger partial charge in [0.25, 0.3) is 11.8 Å². The summed E-state index contributed by atoms with van der Waals surface area (Å²) >= 11 is 12.0. The van der Waals surface area contributed by atoms with Gasteiger partial charge in [0.2, 0.25) is 0 Å². The van der Waals surface area contributed by atoms with Gasteiger partial charge in [-0.2, -0.15) is 0 Å². The second kappa shape index (κ2) is 8.56. The molecule has 1 atom stereocenters. The highest BCUT2D eigenvalue weighted by Gasteiger charge is 2.37. The van der Waals surface area contributed by atoms with E-state index >= 15 is 0 Å². The Morgan fingerprint density at radius 3 is 2.40 bits per heavy atom. The number of nitrogens with one attached hydrogen (secondary N) is 1. The van der Waals surface area contributed by atoms with E-state index in [1.807, 2.05) is 0 Å². The summed E-state index contributed by atoms with van der Waals surface area (Å²) in [6, 6.07) is 9.35. The number of urea groups is 1. The summed E-state index contributed by atoms with van der Waals surface area (Å²) in [4.78, 5) is 48.9. The Kier molecular flexibility index (Phi) is 6.09. The number of hydrogen-bond donors (Lipinski definition) is 2. The number of halogens is 2. The van der Waals surface area contributed by atoms with Crippen molar-refractivity contribution in [2.24, 2.45) is 0 Å². The molecule has 2 aromatic carbocycles. The number of carboxylic acid groups (broad SMARTS) is 1. The number of carbonyl (C=O) groups is 4. The second-order valence-electron chi connectivity index (χ2n) is 6.22. The monoisotopic (exact) mass is 448 g/mol. The summed E-state index contributed by atoms with van der Waals surface area (Å²) in [6.07, 6.45) is 0.259. The van der Waals surface area contributed by atoms with Crippen LogP contribution in [0.2, 0.25) is 10.0 Å². The highest BCUT2D eigenvalue weighted by molar-refractivity contribution is 6.42. The van der Waals surface area contributed by atoms with Gasteiger partial charge in [0.05, 0.1) is 10.7 Å². The molecule has 1 aliphatic rings. The maximum atomic E-state index is 12.9. The maximum Gasteiger partial charge on any atom is 0.344 e. The van der Waals surface area contributed by atoms with Gasteiger partial charge in [0.1, 0.15) is 11.3 Å². The molecule has 0 bridgehead atoms. The molecule has 0 aromatic heterocycles. The van der Waals surface area contributed by atoms with E-state index in [1.54, 1.807) is 0 Å². The molecule has 1 heterocycles. The topological polar surface area (TPSA) is 113 Å². The average Bonchev–Trinajstić information content (AvgIpc) is 2.67. The van der Waals surface area contributed by atoms with Crippen LogP contribution in [0, 0.1) is 0 Å². The number of rotatable bonds is 5. The molecule has 0 saturated carbocycles. The highest BCUT2D eigenvalue weighted by Crippen LogP contribution is 2.31. The third kappa shape index (κ3) is 4.45. The smallest absolute Gasteiger partial charge is 0.344 e. The van der Waals surface area contributed by atoms with Gasteiger partial charge in [-0.25, -0.2) is 14.5 Å². The lowest BCUT2D eigenvalue weighted by atomic mass is 10.1. The lowest BCUT2D eigenvalue weighted by Crippen LogP contribution is -2.54. The molecule has 2 N–H and O–H groups in total. The van der Waals surface area contributed by atoms with Crippen molar-refractivity contribution in [3.8, 4) is 5.75 Å². The standard InChI is InChI=1S/C20H14Cl2N2O6/c1-10(19(27)28)30-13-5-2-11(3-6-13)8-14-17(25)23-20(29)24(18(14)26)16-7-4-12(21)9-15(16)22/h2-10H,1H3,(H,27,28)(H,23,25,29)/b14-8+/t10-/m1/s1. The molecule has 154 valence electrons. The minimum Gasteiger partial charge on any atom is -0.479 e. The summed E-state index contributed by atoms with van der Waals surface area (Å²) in [5.74, 6) is -2.52. The minimum atomic E-state index is -1.11. The number of carboxylic acids is 1. The van der Waals surface area contributed by atoms with Crippen LogP contribution in [0.4, 0.5) is 10.5 Å². The summed E-state index contributed by atoms with van der Waals surface area (Å²) in [5, 5.41) is 11.4. The van der Waals surface area contributed by atoms with E-state index < -0.39 is 29.9 Å². The number of benzene rings is 2. The lowest BCUT2D eigenvalue weighted by molar-refractivity contribution is -0.144. The zero-order chi connectivity index (χ0) is 22.0. The van der Waals surface area contributed by atoms with Gasteiger partial charge in [0.15, 0.2) is 6.10 Å². The van der Waals surface area contributed by atoms with Gasteiger partial charge < -0.3 is 9.84 Å². The number of ether oxygens (including phenoxy) is 1. The number of hydrogen-bond acceptors (Lipinski definition) is 5. The molecule has 1 aliphatic heterocycles. The van der Waals surface area contributed by atoms with Gasteiger partial charge in [-0.15, -0.1) is 0 Å². The first-order valence-electron chi connectivity index (χ1n) is 8.53. The number of anilines is 1. The van der Waals surface area contributed by atoms with Crippen LogP contribution in [-0.2, 0) is 14.4 Å². The van der Waals surface area contributed by atoms with Crippen molar-refractivity contribution in [3.63, 3.8) is 0 Å². The van der Waals surface area contributed by atoms with E-state index in [0.29, 0.717) is 16.3 Å². The fourth-order valence-corrected chi connectivity index (χ4v) is 3.10. The first-order valence-corrected chi connectivity index (χ1v) is 9.29. The average molecular weight is 449 g/mol. The fraction of sp³-hybridized carbons (Fsp3) is 0.100. The van der Waals surface area contributed by atoms with Crippen LogP contribution in [0.25, 0.3) is 6.08 Å². The quantitative estimate of drug-likeness (QED) is 0.534. The normalized spacial score (nSPS) is 16.4. The maximum absolute atomic E-state index is 12.9. The van der Waals surface area contributed by atoms with Gasteiger partial charge in [-0.05, 0) is 48.9 Å². The van der Waals surface area contributed by atoms with Crippen LogP contribution < -0.4 is 15.0 Å². The number of nitrogens with zero attached hydrogens (tertiary/aromatic N) is 1. The van der Waals surface area contributed by atoms with Crippen LogP contribution in [0.5, 0.6) is 5.75 Å². The van der Waals surface area contributed by atoms with Crippen LogP contribution in [-0.4, -0.2) is 35.0 Å². The van der Waals surface area contributed by atoms with E-state index in [2.05, 4.69) is 5.32 Å². The first-order chi connectivity index (χ1) is 14.2. The van der Waals surface area contributed by atoms with E-state index in [0.717, 1.165) is 4.90 Å². The Morgan fingerprint density at radius 2 is 1.80 bits per heavy atom.